The molecule has 0 spiro atoms. The minimum atomic E-state index is -3.54. The van der Waals surface area contributed by atoms with Crippen LogP contribution in [0.5, 0.6) is 0 Å². The van der Waals surface area contributed by atoms with E-state index in [0.717, 1.165) is 10.6 Å². The highest BCUT2D eigenvalue weighted by molar-refractivity contribution is 7.88. The van der Waals surface area contributed by atoms with Crippen molar-refractivity contribution in [2.24, 2.45) is 0 Å². The topological polar surface area (TPSA) is 113 Å². The summed E-state index contributed by atoms with van der Waals surface area (Å²) in [5, 5.41) is 2.68. The van der Waals surface area contributed by atoms with Crippen LogP contribution in [0.15, 0.2) is 24.3 Å². The average Bonchev–Trinajstić information content (AvgIpc) is 3.10. The number of hydrogen-bond acceptors (Lipinski definition) is 6. The number of ether oxygens (including phenoxy) is 1. The third-order valence-electron chi connectivity index (χ3n) is 4.58. The summed E-state index contributed by atoms with van der Waals surface area (Å²) < 4.78 is 29.9. The van der Waals surface area contributed by atoms with E-state index >= 15 is 0 Å². The number of para-hydroxylation sites is 2. The maximum Gasteiger partial charge on any atom is 0.325 e. The highest BCUT2D eigenvalue weighted by atomic mass is 32.2. The predicted molar refractivity (Wildman–Crippen MR) is 97.6 cm³/mol. The number of nitrogens with one attached hydrogen (secondary N) is 1. The van der Waals surface area contributed by atoms with Crippen LogP contribution in [0.25, 0.3) is 0 Å². The first-order valence-corrected chi connectivity index (χ1v) is 10.4. The van der Waals surface area contributed by atoms with E-state index in [9.17, 15) is 22.8 Å². The Balaban J connectivity index is 1.73. The lowest BCUT2D eigenvalue weighted by Crippen LogP contribution is -2.48. The molecule has 1 saturated heterocycles. The van der Waals surface area contributed by atoms with Crippen molar-refractivity contribution in [3.8, 4) is 0 Å². The van der Waals surface area contributed by atoms with Crippen molar-refractivity contribution in [3.05, 3.63) is 24.3 Å². The Morgan fingerprint density at radius 2 is 2.00 bits per heavy atom. The summed E-state index contributed by atoms with van der Waals surface area (Å²) in [6.45, 7) is 1.48. The minimum absolute atomic E-state index is 0.184. The lowest BCUT2D eigenvalue weighted by atomic mass is 10.1. The lowest BCUT2D eigenvalue weighted by molar-refractivity contribution is -0.157. The molecule has 0 bridgehead atoms. The summed E-state index contributed by atoms with van der Waals surface area (Å²) >= 11 is 0. The van der Waals surface area contributed by atoms with Crippen LogP contribution >= 0.6 is 0 Å². The van der Waals surface area contributed by atoms with Gasteiger partial charge in [-0.1, -0.05) is 12.1 Å². The van der Waals surface area contributed by atoms with Crippen molar-refractivity contribution < 1.29 is 27.5 Å². The highest BCUT2D eigenvalue weighted by Crippen LogP contribution is 2.30. The number of rotatable bonds is 4. The van der Waals surface area contributed by atoms with Crippen LogP contribution in [-0.4, -0.2) is 62.0 Å². The Morgan fingerprint density at radius 1 is 1.30 bits per heavy atom. The molecule has 2 aliphatic heterocycles. The number of amides is 2. The van der Waals surface area contributed by atoms with Gasteiger partial charge in [0.15, 0.2) is 6.10 Å². The molecule has 1 N–H and O–H groups in total. The Morgan fingerprint density at radius 3 is 2.70 bits per heavy atom. The molecule has 2 aliphatic rings. The van der Waals surface area contributed by atoms with Crippen molar-refractivity contribution in [2.75, 3.05) is 29.6 Å². The Labute approximate surface area is 157 Å². The Hall–Kier alpha value is -2.46. The van der Waals surface area contributed by atoms with E-state index in [4.69, 9.17) is 4.74 Å². The van der Waals surface area contributed by atoms with E-state index in [1.165, 1.54) is 11.8 Å². The van der Waals surface area contributed by atoms with Gasteiger partial charge in [0.1, 0.15) is 12.6 Å². The molecule has 0 aliphatic carbocycles. The number of carbonyl (C=O) groups excluding carboxylic acids is 3. The normalized spacial score (nSPS) is 21.3. The molecule has 2 atom stereocenters. The van der Waals surface area contributed by atoms with Gasteiger partial charge in [-0.2, -0.15) is 4.31 Å². The lowest BCUT2D eigenvalue weighted by Gasteiger charge is -2.31. The van der Waals surface area contributed by atoms with Crippen molar-refractivity contribution in [2.45, 2.75) is 31.9 Å². The first kappa shape index (κ1) is 19.3. The first-order chi connectivity index (χ1) is 12.7. The molecule has 146 valence electrons. The SMILES string of the molecule is C[C@H](OC(=O)[C@@H]1CCCN1S(C)(=O)=O)C(=O)N1CC(=O)Nc2ccccc21. The maximum atomic E-state index is 12.8. The molecule has 3 rings (SSSR count). The number of benzene rings is 1. The second-order valence-corrected chi connectivity index (χ2v) is 8.54. The third kappa shape index (κ3) is 3.96. The second-order valence-electron chi connectivity index (χ2n) is 6.60. The van der Waals surface area contributed by atoms with Crippen molar-refractivity contribution in [3.63, 3.8) is 0 Å². The fourth-order valence-corrected chi connectivity index (χ4v) is 4.44. The highest BCUT2D eigenvalue weighted by Gasteiger charge is 2.39. The van der Waals surface area contributed by atoms with E-state index < -0.39 is 34.0 Å². The van der Waals surface area contributed by atoms with Gasteiger partial charge < -0.3 is 10.1 Å². The predicted octanol–water partition coefficient (Wildman–Crippen LogP) is 0.327. The first-order valence-electron chi connectivity index (χ1n) is 8.56. The summed E-state index contributed by atoms with van der Waals surface area (Å²) in [6.07, 6.45) is 0.783. The van der Waals surface area contributed by atoms with Gasteiger partial charge in [-0.15, -0.1) is 0 Å². The van der Waals surface area contributed by atoms with Gasteiger partial charge in [0.05, 0.1) is 17.6 Å². The van der Waals surface area contributed by atoms with Crippen LogP contribution < -0.4 is 10.2 Å². The molecule has 2 heterocycles. The van der Waals surface area contributed by atoms with Crippen LogP contribution in [0.4, 0.5) is 11.4 Å². The number of anilines is 2. The molecule has 9 nitrogen and oxygen atoms in total. The summed E-state index contributed by atoms with van der Waals surface area (Å²) in [5.74, 6) is -1.65. The maximum absolute atomic E-state index is 12.8. The zero-order valence-corrected chi connectivity index (χ0v) is 15.9. The fourth-order valence-electron chi connectivity index (χ4n) is 3.33. The van der Waals surface area contributed by atoms with Crippen molar-refractivity contribution >= 4 is 39.2 Å². The third-order valence-corrected chi connectivity index (χ3v) is 5.87. The van der Waals surface area contributed by atoms with Gasteiger partial charge in [0.25, 0.3) is 5.91 Å². The summed E-state index contributed by atoms with van der Waals surface area (Å²) in [4.78, 5) is 38.3. The van der Waals surface area contributed by atoms with Crippen molar-refractivity contribution in [1.82, 2.24) is 4.31 Å². The summed E-state index contributed by atoms with van der Waals surface area (Å²) in [7, 11) is -3.54. The molecule has 0 unspecified atom stereocenters. The van der Waals surface area contributed by atoms with Gasteiger partial charge in [0, 0.05) is 6.54 Å². The van der Waals surface area contributed by atoms with Crippen LogP contribution in [0, 0.1) is 0 Å². The van der Waals surface area contributed by atoms with E-state index in [-0.39, 0.29) is 19.0 Å². The molecule has 10 heteroatoms. The van der Waals surface area contributed by atoms with Crippen LogP contribution in [0.3, 0.4) is 0 Å². The quantitative estimate of drug-likeness (QED) is 0.735. The van der Waals surface area contributed by atoms with E-state index in [1.807, 2.05) is 0 Å². The number of hydrogen-bond donors (Lipinski definition) is 1. The number of sulfonamides is 1. The standard InChI is InChI=1S/C17H21N3O6S/c1-11(26-17(23)14-8-5-9-20(14)27(2,24)25)16(22)19-10-15(21)18-12-6-3-4-7-13(12)19/h3-4,6-7,11,14H,5,8-10H2,1-2H3,(H,18,21)/t11-,14-/m0/s1. The molecular weight excluding hydrogens is 374 g/mol. The number of carbonyl (C=O) groups is 3. The molecule has 1 aromatic carbocycles. The number of nitrogens with zero attached hydrogens (tertiary/aromatic N) is 2. The molecule has 0 radical (unpaired) electrons. The van der Waals surface area contributed by atoms with Gasteiger partial charge in [-0.3, -0.25) is 19.3 Å². The van der Waals surface area contributed by atoms with Crippen LogP contribution in [0.2, 0.25) is 0 Å². The zero-order chi connectivity index (χ0) is 19.8. The molecule has 0 saturated carbocycles. The van der Waals surface area contributed by atoms with E-state index in [0.29, 0.717) is 24.2 Å². The largest absolute Gasteiger partial charge is 0.451 e. The summed E-state index contributed by atoms with van der Waals surface area (Å²) in [6, 6.07) is 5.90. The zero-order valence-electron chi connectivity index (χ0n) is 15.0. The van der Waals surface area contributed by atoms with Crippen LogP contribution in [0.1, 0.15) is 19.8 Å². The number of fused-ring (bicyclic) bond motifs is 1. The molecule has 2 amide bonds. The second kappa shape index (κ2) is 7.28. The molecule has 27 heavy (non-hydrogen) atoms. The van der Waals surface area contributed by atoms with Gasteiger partial charge >= 0.3 is 5.97 Å². The molecule has 0 aromatic heterocycles. The smallest absolute Gasteiger partial charge is 0.325 e. The molecule has 1 fully saturated rings. The Kier molecular flexibility index (Phi) is 5.20. The van der Waals surface area contributed by atoms with Gasteiger partial charge in [-0.05, 0) is 31.9 Å². The van der Waals surface area contributed by atoms with E-state index in [2.05, 4.69) is 5.32 Å². The van der Waals surface area contributed by atoms with E-state index in [1.54, 1.807) is 24.3 Å². The van der Waals surface area contributed by atoms with Crippen molar-refractivity contribution in [1.29, 1.82) is 0 Å². The fraction of sp³-hybridized carbons (Fsp3) is 0.471. The monoisotopic (exact) mass is 395 g/mol. The minimum Gasteiger partial charge on any atom is -0.451 e. The molecule has 1 aromatic rings. The number of esters is 1. The summed E-state index contributed by atoms with van der Waals surface area (Å²) in [5.41, 5.74) is 1.02. The van der Waals surface area contributed by atoms with Gasteiger partial charge in [0.2, 0.25) is 15.9 Å². The van der Waals surface area contributed by atoms with Crippen LogP contribution in [-0.2, 0) is 29.1 Å². The molecular formula is C17H21N3O6S. The van der Waals surface area contributed by atoms with Gasteiger partial charge in [-0.25, -0.2) is 8.42 Å². The Bertz CT molecular complexity index is 884. The average molecular weight is 395 g/mol.